The zero-order valence-corrected chi connectivity index (χ0v) is 11.1. The number of aryl methyl sites for hydroxylation is 2. The molecule has 3 heteroatoms. The maximum Gasteiger partial charge on any atom is 0.0554 e. The Morgan fingerprint density at radius 3 is 2.69 bits per heavy atom. The topological polar surface area (TPSA) is 29.1 Å². The Morgan fingerprint density at radius 2 is 2.06 bits per heavy atom. The SMILES string of the molecule is Cc1cc(C)c2c(c1)C(NC(C)C)CS2=O. The molecule has 0 fully saturated rings. The van der Waals surface area contributed by atoms with Gasteiger partial charge in [0, 0.05) is 22.7 Å². The summed E-state index contributed by atoms with van der Waals surface area (Å²) in [6.07, 6.45) is 0. The molecule has 1 N–H and O–H groups in total. The van der Waals surface area contributed by atoms with Crippen LogP contribution in [0.5, 0.6) is 0 Å². The van der Waals surface area contributed by atoms with E-state index in [4.69, 9.17) is 0 Å². The van der Waals surface area contributed by atoms with Gasteiger partial charge in [-0.2, -0.15) is 0 Å². The number of nitrogens with one attached hydrogen (secondary N) is 1. The zero-order chi connectivity index (χ0) is 11.9. The van der Waals surface area contributed by atoms with Gasteiger partial charge in [0.05, 0.1) is 10.8 Å². The van der Waals surface area contributed by atoms with Crippen molar-refractivity contribution in [1.82, 2.24) is 5.32 Å². The van der Waals surface area contributed by atoms with E-state index < -0.39 is 10.8 Å². The second-order valence-corrected chi connectivity index (χ2v) is 6.32. The van der Waals surface area contributed by atoms with E-state index in [9.17, 15) is 4.21 Å². The van der Waals surface area contributed by atoms with Crippen LogP contribution < -0.4 is 5.32 Å². The fourth-order valence-corrected chi connectivity index (χ4v) is 4.05. The highest BCUT2D eigenvalue weighted by Crippen LogP contribution is 2.34. The van der Waals surface area contributed by atoms with Gasteiger partial charge in [-0.1, -0.05) is 31.5 Å². The van der Waals surface area contributed by atoms with Crippen molar-refractivity contribution in [1.29, 1.82) is 0 Å². The minimum absolute atomic E-state index is 0.259. The summed E-state index contributed by atoms with van der Waals surface area (Å²) in [7, 11) is -0.827. The first-order valence-corrected chi connectivity index (χ1v) is 7.06. The van der Waals surface area contributed by atoms with Gasteiger partial charge in [-0.25, -0.2) is 0 Å². The van der Waals surface area contributed by atoms with Crippen molar-refractivity contribution in [2.45, 2.75) is 44.7 Å². The molecule has 1 aromatic carbocycles. The van der Waals surface area contributed by atoms with E-state index in [2.05, 4.69) is 45.1 Å². The van der Waals surface area contributed by atoms with Gasteiger partial charge >= 0.3 is 0 Å². The fraction of sp³-hybridized carbons (Fsp3) is 0.538. The molecule has 0 radical (unpaired) electrons. The first kappa shape index (κ1) is 11.8. The van der Waals surface area contributed by atoms with Gasteiger partial charge in [0.25, 0.3) is 0 Å². The van der Waals surface area contributed by atoms with Crippen LogP contribution in [0, 0.1) is 13.8 Å². The monoisotopic (exact) mass is 237 g/mol. The van der Waals surface area contributed by atoms with Gasteiger partial charge in [-0.3, -0.25) is 4.21 Å². The van der Waals surface area contributed by atoms with Crippen molar-refractivity contribution in [2.75, 3.05) is 5.75 Å². The average Bonchev–Trinajstić information content (AvgIpc) is 2.41. The Bertz CT molecular complexity index is 440. The summed E-state index contributed by atoms with van der Waals surface area (Å²) in [6.45, 7) is 8.41. The summed E-state index contributed by atoms with van der Waals surface area (Å²) in [5, 5.41) is 3.49. The van der Waals surface area contributed by atoms with Crippen LogP contribution in [0.4, 0.5) is 0 Å². The molecule has 0 bridgehead atoms. The summed E-state index contributed by atoms with van der Waals surface area (Å²) < 4.78 is 12.1. The minimum Gasteiger partial charge on any atom is -0.307 e. The van der Waals surface area contributed by atoms with Gasteiger partial charge in [0.1, 0.15) is 0 Å². The van der Waals surface area contributed by atoms with E-state index in [0.29, 0.717) is 6.04 Å². The quantitative estimate of drug-likeness (QED) is 0.856. The molecule has 0 saturated heterocycles. The Balaban J connectivity index is 2.44. The summed E-state index contributed by atoms with van der Waals surface area (Å²) in [5.41, 5.74) is 3.66. The number of rotatable bonds is 2. The number of hydrogen-bond acceptors (Lipinski definition) is 2. The van der Waals surface area contributed by atoms with E-state index in [0.717, 1.165) is 10.6 Å². The van der Waals surface area contributed by atoms with Crippen LogP contribution in [0.3, 0.4) is 0 Å². The van der Waals surface area contributed by atoms with Gasteiger partial charge in [-0.05, 0) is 25.0 Å². The van der Waals surface area contributed by atoms with Gasteiger partial charge in [-0.15, -0.1) is 0 Å². The predicted molar refractivity (Wildman–Crippen MR) is 68.2 cm³/mol. The van der Waals surface area contributed by atoms with Crippen LogP contribution >= 0.6 is 0 Å². The summed E-state index contributed by atoms with van der Waals surface area (Å²) in [6, 6.07) is 4.98. The van der Waals surface area contributed by atoms with Gasteiger partial charge in [0.15, 0.2) is 0 Å². The number of hydrogen-bond donors (Lipinski definition) is 1. The lowest BCUT2D eigenvalue weighted by Gasteiger charge is -2.16. The van der Waals surface area contributed by atoms with E-state index in [1.54, 1.807) is 0 Å². The first-order chi connectivity index (χ1) is 7.49. The fourth-order valence-electron chi connectivity index (χ4n) is 2.42. The van der Waals surface area contributed by atoms with Crippen molar-refractivity contribution in [3.8, 4) is 0 Å². The van der Waals surface area contributed by atoms with Crippen molar-refractivity contribution in [3.05, 3.63) is 28.8 Å². The maximum absolute atomic E-state index is 12.1. The summed E-state index contributed by atoms with van der Waals surface area (Å²) in [4.78, 5) is 1.06. The minimum atomic E-state index is -0.827. The zero-order valence-electron chi connectivity index (χ0n) is 10.3. The van der Waals surface area contributed by atoms with Crippen LogP contribution in [0.25, 0.3) is 0 Å². The lowest BCUT2D eigenvalue weighted by atomic mass is 10.0. The molecule has 0 aliphatic carbocycles. The van der Waals surface area contributed by atoms with Crippen LogP contribution in [0.2, 0.25) is 0 Å². The Hall–Kier alpha value is -0.670. The normalized spacial score (nSPS) is 23.8. The highest BCUT2D eigenvalue weighted by Gasteiger charge is 2.30. The molecule has 1 heterocycles. The molecule has 88 valence electrons. The molecule has 1 aromatic rings. The smallest absolute Gasteiger partial charge is 0.0554 e. The van der Waals surface area contributed by atoms with Crippen LogP contribution in [-0.2, 0) is 10.8 Å². The van der Waals surface area contributed by atoms with E-state index in [1.807, 2.05) is 0 Å². The molecule has 0 spiro atoms. The van der Waals surface area contributed by atoms with Gasteiger partial charge < -0.3 is 5.32 Å². The highest BCUT2D eigenvalue weighted by atomic mass is 32.2. The van der Waals surface area contributed by atoms with Crippen molar-refractivity contribution < 1.29 is 4.21 Å². The van der Waals surface area contributed by atoms with E-state index in [-0.39, 0.29) is 6.04 Å². The van der Waals surface area contributed by atoms with Gasteiger partial charge in [0.2, 0.25) is 0 Å². The molecule has 0 aromatic heterocycles. The molecule has 2 rings (SSSR count). The molecular weight excluding hydrogens is 218 g/mol. The molecule has 1 aliphatic rings. The first-order valence-electron chi connectivity index (χ1n) is 5.74. The molecule has 0 amide bonds. The average molecular weight is 237 g/mol. The van der Waals surface area contributed by atoms with Crippen molar-refractivity contribution in [3.63, 3.8) is 0 Å². The van der Waals surface area contributed by atoms with Crippen LogP contribution in [0.15, 0.2) is 17.0 Å². The van der Waals surface area contributed by atoms with E-state index >= 15 is 0 Å². The molecule has 2 nitrogen and oxygen atoms in total. The summed E-state index contributed by atoms with van der Waals surface area (Å²) in [5.74, 6) is 0.720. The predicted octanol–water partition coefficient (Wildman–Crippen LogP) is 2.46. The molecule has 1 aliphatic heterocycles. The highest BCUT2D eigenvalue weighted by molar-refractivity contribution is 7.85. The van der Waals surface area contributed by atoms with Crippen molar-refractivity contribution in [2.24, 2.45) is 0 Å². The second-order valence-electron chi connectivity index (χ2n) is 4.89. The second kappa shape index (κ2) is 4.30. The van der Waals surface area contributed by atoms with Crippen LogP contribution in [-0.4, -0.2) is 16.0 Å². The number of benzene rings is 1. The third-order valence-electron chi connectivity index (χ3n) is 2.90. The third kappa shape index (κ3) is 2.06. The lowest BCUT2D eigenvalue weighted by Crippen LogP contribution is -2.28. The maximum atomic E-state index is 12.1. The summed E-state index contributed by atoms with van der Waals surface area (Å²) >= 11 is 0. The molecule has 2 atom stereocenters. The molecule has 2 unspecified atom stereocenters. The molecule has 0 saturated carbocycles. The molecule has 16 heavy (non-hydrogen) atoms. The Labute approximate surface area is 99.9 Å². The third-order valence-corrected chi connectivity index (χ3v) is 4.55. The standard InChI is InChI=1S/C13H19NOS/c1-8(2)14-12-7-16(15)13-10(4)5-9(3)6-11(12)13/h5-6,8,12,14H,7H2,1-4H3. The Morgan fingerprint density at radius 1 is 1.38 bits per heavy atom. The van der Waals surface area contributed by atoms with E-state index in [1.165, 1.54) is 16.7 Å². The molecular formula is C13H19NOS. The largest absolute Gasteiger partial charge is 0.307 e. The number of fused-ring (bicyclic) bond motifs is 1. The van der Waals surface area contributed by atoms with Crippen LogP contribution in [0.1, 0.15) is 36.6 Å². The Kier molecular flexibility index (Phi) is 3.17. The van der Waals surface area contributed by atoms with Crippen molar-refractivity contribution >= 4 is 10.8 Å². The lowest BCUT2D eigenvalue weighted by molar-refractivity contribution is 0.511.